The molecular formula is C13H17ClN4O2. The maximum absolute atomic E-state index is 12.3. The molecule has 7 heteroatoms. The van der Waals surface area contributed by atoms with Gasteiger partial charge >= 0.3 is 0 Å². The van der Waals surface area contributed by atoms with Crippen LogP contribution in [-0.4, -0.2) is 71.1 Å². The van der Waals surface area contributed by atoms with Crippen LogP contribution in [0.3, 0.4) is 0 Å². The second-order valence-electron chi connectivity index (χ2n) is 5.07. The highest BCUT2D eigenvalue weighted by molar-refractivity contribution is 6.29. The number of likely N-dealkylation sites (tertiary alicyclic amines) is 1. The Morgan fingerprint density at radius 1 is 1.25 bits per heavy atom. The highest BCUT2D eigenvalue weighted by atomic mass is 35.5. The van der Waals surface area contributed by atoms with Crippen LogP contribution in [0.4, 0.5) is 0 Å². The van der Waals surface area contributed by atoms with E-state index in [4.69, 9.17) is 16.3 Å². The lowest BCUT2D eigenvalue weighted by atomic mass is 10.2. The van der Waals surface area contributed by atoms with Gasteiger partial charge in [-0.15, -0.1) is 0 Å². The first kappa shape index (κ1) is 13.7. The molecule has 1 unspecified atom stereocenters. The molecule has 0 radical (unpaired) electrons. The number of nitrogens with zero attached hydrogens (tertiary/aromatic N) is 4. The summed E-state index contributed by atoms with van der Waals surface area (Å²) in [4.78, 5) is 24.5. The summed E-state index contributed by atoms with van der Waals surface area (Å²) in [5.74, 6) is -0.0649. The summed E-state index contributed by atoms with van der Waals surface area (Å²) >= 11 is 5.68. The van der Waals surface area contributed by atoms with Crippen LogP contribution in [-0.2, 0) is 4.74 Å². The Balaban J connectivity index is 1.61. The van der Waals surface area contributed by atoms with Gasteiger partial charge in [-0.25, -0.2) is 9.97 Å². The van der Waals surface area contributed by atoms with Gasteiger partial charge in [0.25, 0.3) is 5.91 Å². The molecule has 2 aliphatic heterocycles. The number of halogens is 1. The van der Waals surface area contributed by atoms with Gasteiger partial charge in [-0.2, -0.15) is 0 Å². The third kappa shape index (κ3) is 2.92. The van der Waals surface area contributed by atoms with Crippen LogP contribution in [0.2, 0.25) is 5.15 Å². The lowest BCUT2D eigenvalue weighted by Gasteiger charge is -2.32. The highest BCUT2D eigenvalue weighted by Gasteiger charge is 2.31. The van der Waals surface area contributed by atoms with Crippen LogP contribution in [0.15, 0.2) is 12.4 Å². The molecule has 20 heavy (non-hydrogen) atoms. The van der Waals surface area contributed by atoms with Crippen molar-refractivity contribution in [3.63, 3.8) is 0 Å². The van der Waals surface area contributed by atoms with E-state index in [1.165, 1.54) is 12.4 Å². The summed E-state index contributed by atoms with van der Waals surface area (Å²) in [6.45, 7) is 5.00. The van der Waals surface area contributed by atoms with E-state index in [0.29, 0.717) is 16.9 Å². The van der Waals surface area contributed by atoms with Gasteiger partial charge in [0, 0.05) is 32.2 Å². The first-order chi connectivity index (χ1) is 9.74. The van der Waals surface area contributed by atoms with E-state index in [9.17, 15) is 4.79 Å². The summed E-state index contributed by atoms with van der Waals surface area (Å²) in [6, 6.07) is 0.433. The molecule has 0 spiro atoms. The van der Waals surface area contributed by atoms with Crippen LogP contribution in [0.25, 0.3) is 0 Å². The molecule has 3 heterocycles. The second kappa shape index (κ2) is 6.03. The molecule has 2 saturated heterocycles. The van der Waals surface area contributed by atoms with Crippen molar-refractivity contribution in [2.24, 2.45) is 0 Å². The van der Waals surface area contributed by atoms with Crippen LogP contribution < -0.4 is 0 Å². The monoisotopic (exact) mass is 296 g/mol. The summed E-state index contributed by atoms with van der Waals surface area (Å²) in [5.41, 5.74) is 0.358. The zero-order chi connectivity index (χ0) is 13.9. The molecule has 2 fully saturated rings. The Bertz CT molecular complexity index is 476. The maximum Gasteiger partial charge on any atom is 0.274 e. The molecule has 1 aromatic rings. The predicted octanol–water partition coefficient (Wildman–Crippen LogP) is 0.677. The van der Waals surface area contributed by atoms with Crippen molar-refractivity contribution in [3.05, 3.63) is 23.2 Å². The first-order valence-electron chi connectivity index (χ1n) is 6.82. The van der Waals surface area contributed by atoms with Gasteiger partial charge in [-0.1, -0.05) is 11.6 Å². The van der Waals surface area contributed by atoms with Crippen molar-refractivity contribution in [1.82, 2.24) is 19.8 Å². The smallest absolute Gasteiger partial charge is 0.274 e. The third-order valence-electron chi connectivity index (χ3n) is 3.85. The van der Waals surface area contributed by atoms with Gasteiger partial charge in [-0.05, 0) is 6.42 Å². The number of hydrogen-bond donors (Lipinski definition) is 0. The van der Waals surface area contributed by atoms with E-state index in [1.54, 1.807) is 0 Å². The SMILES string of the molecule is O=C(c1cnc(Cl)cn1)N1CCC(N2CCOCC2)C1. The molecule has 2 aliphatic rings. The summed E-state index contributed by atoms with van der Waals surface area (Å²) in [6.07, 6.45) is 3.85. The molecule has 0 N–H and O–H groups in total. The first-order valence-corrected chi connectivity index (χ1v) is 7.20. The average molecular weight is 297 g/mol. The number of aromatic nitrogens is 2. The molecule has 6 nitrogen and oxygen atoms in total. The Morgan fingerprint density at radius 3 is 2.75 bits per heavy atom. The van der Waals surface area contributed by atoms with Crippen molar-refractivity contribution in [2.45, 2.75) is 12.5 Å². The van der Waals surface area contributed by atoms with Gasteiger partial charge in [0.1, 0.15) is 10.8 Å². The Labute approximate surface area is 122 Å². The fraction of sp³-hybridized carbons (Fsp3) is 0.615. The largest absolute Gasteiger partial charge is 0.379 e. The van der Waals surface area contributed by atoms with Gasteiger partial charge in [0.05, 0.1) is 25.6 Å². The molecule has 3 rings (SSSR count). The topological polar surface area (TPSA) is 58.6 Å². The number of carbonyl (C=O) groups is 1. The lowest BCUT2D eigenvalue weighted by molar-refractivity contribution is 0.0185. The summed E-state index contributed by atoms with van der Waals surface area (Å²) < 4.78 is 5.36. The molecule has 0 saturated carbocycles. The molecule has 1 aromatic heterocycles. The van der Waals surface area contributed by atoms with Crippen LogP contribution in [0, 0.1) is 0 Å². The summed E-state index contributed by atoms with van der Waals surface area (Å²) in [7, 11) is 0. The van der Waals surface area contributed by atoms with Crippen molar-refractivity contribution in [3.8, 4) is 0 Å². The van der Waals surface area contributed by atoms with E-state index < -0.39 is 0 Å². The number of hydrogen-bond acceptors (Lipinski definition) is 5. The Hall–Kier alpha value is -1.24. The predicted molar refractivity (Wildman–Crippen MR) is 73.7 cm³/mol. The zero-order valence-electron chi connectivity index (χ0n) is 11.2. The number of amides is 1. The van der Waals surface area contributed by atoms with E-state index in [0.717, 1.165) is 45.8 Å². The lowest BCUT2D eigenvalue weighted by Crippen LogP contribution is -2.45. The number of carbonyl (C=O) groups excluding carboxylic acids is 1. The van der Waals surface area contributed by atoms with Gasteiger partial charge in [0.15, 0.2) is 0 Å². The van der Waals surface area contributed by atoms with E-state index in [2.05, 4.69) is 14.9 Å². The Kier molecular flexibility index (Phi) is 4.14. The molecule has 1 atom stereocenters. The number of rotatable bonds is 2. The highest BCUT2D eigenvalue weighted by Crippen LogP contribution is 2.18. The van der Waals surface area contributed by atoms with Crippen molar-refractivity contribution < 1.29 is 9.53 Å². The van der Waals surface area contributed by atoms with Crippen molar-refractivity contribution in [1.29, 1.82) is 0 Å². The fourth-order valence-electron chi connectivity index (χ4n) is 2.75. The Morgan fingerprint density at radius 2 is 2.05 bits per heavy atom. The molecule has 0 bridgehead atoms. The zero-order valence-corrected chi connectivity index (χ0v) is 11.9. The number of morpholine rings is 1. The molecular weight excluding hydrogens is 280 g/mol. The van der Waals surface area contributed by atoms with E-state index in [-0.39, 0.29) is 5.91 Å². The second-order valence-corrected chi connectivity index (χ2v) is 5.45. The summed E-state index contributed by atoms with van der Waals surface area (Å²) in [5, 5.41) is 0.300. The molecule has 0 aromatic carbocycles. The van der Waals surface area contributed by atoms with Crippen molar-refractivity contribution >= 4 is 17.5 Å². The fourth-order valence-corrected chi connectivity index (χ4v) is 2.85. The van der Waals surface area contributed by atoms with Crippen LogP contribution in [0.5, 0.6) is 0 Å². The quantitative estimate of drug-likeness (QED) is 0.803. The molecule has 1 amide bonds. The van der Waals surface area contributed by atoms with E-state index in [1.807, 2.05) is 4.90 Å². The van der Waals surface area contributed by atoms with E-state index >= 15 is 0 Å². The third-order valence-corrected chi connectivity index (χ3v) is 4.05. The standard InChI is InChI=1S/C13H17ClN4O2/c14-12-8-15-11(7-16-12)13(19)18-2-1-10(9-18)17-3-5-20-6-4-17/h7-8,10H,1-6,9H2. The maximum atomic E-state index is 12.3. The van der Waals surface area contributed by atoms with Gasteiger partial charge < -0.3 is 9.64 Å². The average Bonchev–Trinajstić information content (AvgIpc) is 2.98. The number of ether oxygens (including phenoxy) is 1. The molecule has 0 aliphatic carbocycles. The minimum Gasteiger partial charge on any atom is -0.379 e. The molecule has 108 valence electrons. The van der Waals surface area contributed by atoms with Crippen molar-refractivity contribution in [2.75, 3.05) is 39.4 Å². The minimum absolute atomic E-state index is 0.0649. The minimum atomic E-state index is -0.0649. The normalized spacial score (nSPS) is 24.1. The van der Waals surface area contributed by atoms with Crippen LogP contribution >= 0.6 is 11.6 Å². The van der Waals surface area contributed by atoms with Gasteiger partial charge in [0.2, 0.25) is 0 Å². The van der Waals surface area contributed by atoms with Gasteiger partial charge in [-0.3, -0.25) is 9.69 Å². The van der Waals surface area contributed by atoms with Crippen LogP contribution in [0.1, 0.15) is 16.9 Å².